The molecule has 0 saturated carbocycles. The summed E-state index contributed by atoms with van der Waals surface area (Å²) in [7, 11) is 0. The lowest BCUT2D eigenvalue weighted by Gasteiger charge is -2.06. The van der Waals surface area contributed by atoms with Gasteiger partial charge < -0.3 is 5.11 Å². The van der Waals surface area contributed by atoms with E-state index >= 15 is 0 Å². The Kier molecular flexibility index (Phi) is 6.55. The monoisotopic (exact) mass is 150 g/mol. The molecule has 56 valence electrons. The van der Waals surface area contributed by atoms with E-state index in [-0.39, 0.29) is 0 Å². The molecule has 0 aliphatic heterocycles. The molecule has 0 unspecified atom stereocenters. The molecule has 0 aromatic carbocycles. The van der Waals surface area contributed by atoms with E-state index in [1.807, 2.05) is 0 Å². The average Bonchev–Trinajstić information content (AvgIpc) is 1.85. The molecule has 0 aromatic rings. The molecule has 1 atom stereocenters. The highest BCUT2D eigenvalue weighted by Crippen LogP contribution is 2.09. The molecule has 2 heteroatoms. The fraction of sp³-hybridized carbons (Fsp3) is 1.00. The highest BCUT2D eigenvalue weighted by Gasteiger charge is 1.98. The number of hydrogen-bond donors (Lipinski definition) is 1. The predicted octanol–water partition coefficient (Wildman–Crippen LogP) is 2.02. The third-order valence-electron chi connectivity index (χ3n) is 1.46. The van der Waals surface area contributed by atoms with Crippen molar-refractivity contribution in [1.82, 2.24) is 0 Å². The van der Waals surface area contributed by atoms with Crippen LogP contribution in [0.5, 0.6) is 0 Å². The van der Waals surface area contributed by atoms with E-state index in [9.17, 15) is 0 Å². The van der Waals surface area contributed by atoms with Gasteiger partial charge in [0.1, 0.15) is 0 Å². The Morgan fingerprint density at radius 3 is 2.56 bits per heavy atom. The normalized spacial score (nSPS) is 13.7. The molecular weight excluding hydrogens is 136 g/mol. The smallest absolute Gasteiger partial charge is 0.0431 e. The minimum atomic E-state index is 0.312. The van der Waals surface area contributed by atoms with Gasteiger partial charge in [-0.25, -0.2) is 0 Å². The Morgan fingerprint density at radius 1 is 1.44 bits per heavy atom. The van der Waals surface area contributed by atoms with Crippen molar-refractivity contribution in [3.63, 3.8) is 0 Å². The Bertz CT molecular complexity index is 56.9. The van der Waals surface area contributed by atoms with Crippen molar-refractivity contribution in [1.29, 1.82) is 0 Å². The maximum atomic E-state index is 8.45. The number of halogens is 1. The maximum absolute atomic E-state index is 8.45. The fourth-order valence-corrected chi connectivity index (χ4v) is 1.14. The van der Waals surface area contributed by atoms with Gasteiger partial charge in [-0.2, -0.15) is 0 Å². The lowest BCUT2D eigenvalue weighted by Crippen LogP contribution is -1.96. The molecule has 0 spiro atoms. The number of hydrogen-bond acceptors (Lipinski definition) is 1. The van der Waals surface area contributed by atoms with E-state index in [2.05, 4.69) is 6.92 Å². The first-order valence-electron chi connectivity index (χ1n) is 3.48. The zero-order valence-electron chi connectivity index (χ0n) is 5.94. The lowest BCUT2D eigenvalue weighted by molar-refractivity contribution is 0.273. The van der Waals surface area contributed by atoms with Crippen LogP contribution in [-0.2, 0) is 0 Å². The molecule has 0 aromatic heterocycles. The third-order valence-corrected chi connectivity index (χ3v) is 1.68. The van der Waals surface area contributed by atoms with Gasteiger partial charge in [-0.3, -0.25) is 0 Å². The summed E-state index contributed by atoms with van der Waals surface area (Å²) in [5.41, 5.74) is 0. The quantitative estimate of drug-likeness (QED) is 0.595. The van der Waals surface area contributed by atoms with Gasteiger partial charge in [0.15, 0.2) is 0 Å². The molecule has 9 heavy (non-hydrogen) atoms. The summed E-state index contributed by atoms with van der Waals surface area (Å²) in [5.74, 6) is 1.42. The maximum Gasteiger partial charge on any atom is 0.0431 e. The van der Waals surface area contributed by atoms with Crippen molar-refractivity contribution < 1.29 is 5.11 Å². The third kappa shape index (κ3) is 6.13. The standard InChI is InChI=1S/C7H15ClO/c1-7(4-5-8)3-2-6-9/h7,9H,2-6H2,1H3/t7-/m0/s1. The van der Waals surface area contributed by atoms with E-state index in [4.69, 9.17) is 16.7 Å². The van der Waals surface area contributed by atoms with Crippen molar-refractivity contribution in [2.75, 3.05) is 12.5 Å². The Morgan fingerprint density at radius 2 is 2.11 bits per heavy atom. The highest BCUT2D eigenvalue weighted by molar-refractivity contribution is 6.17. The van der Waals surface area contributed by atoms with Crippen LogP contribution in [0.4, 0.5) is 0 Å². The predicted molar refractivity (Wildman–Crippen MR) is 40.8 cm³/mol. The summed E-state index contributed by atoms with van der Waals surface area (Å²) in [6, 6.07) is 0. The van der Waals surface area contributed by atoms with E-state index in [0.717, 1.165) is 25.1 Å². The van der Waals surface area contributed by atoms with Crippen LogP contribution in [0, 0.1) is 5.92 Å². The van der Waals surface area contributed by atoms with Gasteiger partial charge in [0.25, 0.3) is 0 Å². The molecule has 1 N–H and O–H groups in total. The van der Waals surface area contributed by atoms with Gasteiger partial charge in [0.05, 0.1) is 0 Å². The van der Waals surface area contributed by atoms with Gasteiger partial charge in [0.2, 0.25) is 0 Å². The van der Waals surface area contributed by atoms with Gasteiger partial charge in [-0.15, -0.1) is 11.6 Å². The minimum absolute atomic E-state index is 0.312. The number of aliphatic hydroxyl groups is 1. The molecule has 0 amide bonds. The minimum Gasteiger partial charge on any atom is -0.396 e. The SMILES string of the molecule is C[C@H](CCCl)CCCO. The second-order valence-electron chi connectivity index (χ2n) is 2.45. The van der Waals surface area contributed by atoms with E-state index in [0.29, 0.717) is 12.5 Å². The summed E-state index contributed by atoms with van der Waals surface area (Å²) in [6.45, 7) is 2.48. The first kappa shape index (κ1) is 9.25. The van der Waals surface area contributed by atoms with Crippen LogP contribution in [0.15, 0.2) is 0 Å². The van der Waals surface area contributed by atoms with Crippen molar-refractivity contribution in [3.05, 3.63) is 0 Å². The fourth-order valence-electron chi connectivity index (χ4n) is 0.770. The van der Waals surface area contributed by atoms with Crippen molar-refractivity contribution >= 4 is 11.6 Å². The number of aliphatic hydroxyl groups excluding tert-OH is 1. The molecule has 0 radical (unpaired) electrons. The molecule has 0 fully saturated rings. The largest absolute Gasteiger partial charge is 0.396 e. The number of rotatable bonds is 5. The summed E-state index contributed by atoms with van der Waals surface area (Å²) in [6.07, 6.45) is 3.09. The second kappa shape index (κ2) is 6.37. The molecule has 0 aliphatic carbocycles. The zero-order chi connectivity index (χ0) is 7.11. The summed E-state index contributed by atoms with van der Waals surface area (Å²) >= 11 is 5.51. The molecule has 0 rings (SSSR count). The van der Waals surface area contributed by atoms with Gasteiger partial charge in [-0.1, -0.05) is 6.92 Å². The van der Waals surface area contributed by atoms with Gasteiger partial charge in [-0.05, 0) is 25.2 Å². The Hall–Kier alpha value is 0.250. The van der Waals surface area contributed by atoms with Crippen molar-refractivity contribution in [2.45, 2.75) is 26.2 Å². The summed E-state index contributed by atoms with van der Waals surface area (Å²) in [4.78, 5) is 0. The highest BCUT2D eigenvalue weighted by atomic mass is 35.5. The topological polar surface area (TPSA) is 20.2 Å². The molecule has 0 heterocycles. The van der Waals surface area contributed by atoms with Crippen molar-refractivity contribution in [2.24, 2.45) is 5.92 Å². The van der Waals surface area contributed by atoms with Crippen LogP contribution >= 0.6 is 11.6 Å². The van der Waals surface area contributed by atoms with E-state index < -0.39 is 0 Å². The second-order valence-corrected chi connectivity index (χ2v) is 2.83. The lowest BCUT2D eigenvalue weighted by atomic mass is 10.0. The molecule has 1 nitrogen and oxygen atoms in total. The molecule has 0 bridgehead atoms. The van der Waals surface area contributed by atoms with Crippen molar-refractivity contribution in [3.8, 4) is 0 Å². The molecule has 0 aliphatic rings. The van der Waals surface area contributed by atoms with Crippen LogP contribution < -0.4 is 0 Å². The van der Waals surface area contributed by atoms with Crippen LogP contribution in [0.1, 0.15) is 26.2 Å². The Balaban J connectivity index is 2.95. The first-order valence-corrected chi connectivity index (χ1v) is 4.01. The van der Waals surface area contributed by atoms with Crippen LogP contribution in [0.3, 0.4) is 0 Å². The van der Waals surface area contributed by atoms with Crippen LogP contribution in [-0.4, -0.2) is 17.6 Å². The Labute approximate surface area is 62.0 Å². The molecule has 0 saturated heterocycles. The summed E-state index contributed by atoms with van der Waals surface area (Å²) in [5, 5.41) is 8.45. The first-order chi connectivity index (χ1) is 4.31. The van der Waals surface area contributed by atoms with Crippen LogP contribution in [0.2, 0.25) is 0 Å². The number of alkyl halides is 1. The molecular formula is C7H15ClO. The zero-order valence-corrected chi connectivity index (χ0v) is 6.69. The van der Waals surface area contributed by atoms with Gasteiger partial charge >= 0.3 is 0 Å². The van der Waals surface area contributed by atoms with E-state index in [1.54, 1.807) is 0 Å². The summed E-state index contributed by atoms with van der Waals surface area (Å²) < 4.78 is 0. The van der Waals surface area contributed by atoms with Gasteiger partial charge in [0, 0.05) is 12.5 Å². The van der Waals surface area contributed by atoms with E-state index in [1.165, 1.54) is 0 Å². The average molecular weight is 151 g/mol. The van der Waals surface area contributed by atoms with Crippen LogP contribution in [0.25, 0.3) is 0 Å².